The van der Waals surface area contributed by atoms with Gasteiger partial charge in [0.15, 0.2) is 0 Å². The molecule has 29 heavy (non-hydrogen) atoms. The number of anilines is 2. The number of benzene rings is 1. The molecular formula is C19H15F3N6O. The van der Waals surface area contributed by atoms with Crippen LogP contribution in [0.4, 0.5) is 24.7 Å². The van der Waals surface area contributed by atoms with Crippen molar-refractivity contribution in [3.8, 4) is 6.07 Å². The van der Waals surface area contributed by atoms with Gasteiger partial charge in [-0.1, -0.05) is 0 Å². The highest BCUT2D eigenvalue weighted by Crippen LogP contribution is 2.31. The highest BCUT2D eigenvalue weighted by molar-refractivity contribution is 5.97. The van der Waals surface area contributed by atoms with Gasteiger partial charge in [-0.15, -0.1) is 0 Å². The number of aromatic nitrogens is 3. The number of rotatable bonds is 4. The Kier molecular flexibility index (Phi) is 5.32. The van der Waals surface area contributed by atoms with E-state index in [-0.39, 0.29) is 23.5 Å². The Labute approximate surface area is 163 Å². The van der Waals surface area contributed by atoms with E-state index in [2.05, 4.69) is 20.3 Å². The molecule has 2 heterocycles. The lowest BCUT2D eigenvalue weighted by molar-refractivity contribution is -0.141. The van der Waals surface area contributed by atoms with Gasteiger partial charge in [-0.3, -0.25) is 14.8 Å². The second kappa shape index (κ2) is 7.71. The van der Waals surface area contributed by atoms with Crippen molar-refractivity contribution in [2.45, 2.75) is 13.1 Å². The van der Waals surface area contributed by atoms with Crippen LogP contribution in [0.2, 0.25) is 0 Å². The number of alkyl halides is 3. The molecule has 3 rings (SSSR count). The molecule has 7 nitrogen and oxygen atoms in total. The van der Waals surface area contributed by atoms with Crippen molar-refractivity contribution in [3.05, 3.63) is 53.5 Å². The lowest BCUT2D eigenvalue weighted by Gasteiger charge is -2.19. The molecule has 0 radical (unpaired) electrons. The van der Waals surface area contributed by atoms with Crippen LogP contribution in [0.25, 0.3) is 11.0 Å². The highest BCUT2D eigenvalue weighted by atomic mass is 19.4. The largest absolute Gasteiger partial charge is 0.433 e. The number of aryl methyl sites for hydroxylation is 1. The van der Waals surface area contributed by atoms with Crippen molar-refractivity contribution in [3.63, 3.8) is 0 Å². The summed E-state index contributed by atoms with van der Waals surface area (Å²) in [5.41, 5.74) is 0.738. The molecule has 0 aliphatic carbocycles. The Balaban J connectivity index is 1.80. The van der Waals surface area contributed by atoms with Gasteiger partial charge in [0.2, 0.25) is 5.91 Å². The number of hydrogen-bond donors (Lipinski definition) is 1. The maximum Gasteiger partial charge on any atom is 0.433 e. The van der Waals surface area contributed by atoms with Gasteiger partial charge < -0.3 is 10.2 Å². The minimum absolute atomic E-state index is 0.0468. The average Bonchev–Trinajstić information content (AvgIpc) is 2.70. The SMILES string of the molecule is Cc1cc(C(F)(F)F)nc(NCC(=O)N(C)c2ccc3nccnc3c2)c1C#N. The molecule has 0 atom stereocenters. The zero-order valence-corrected chi connectivity index (χ0v) is 15.4. The summed E-state index contributed by atoms with van der Waals surface area (Å²) in [4.78, 5) is 25.6. The standard InChI is InChI=1S/C19H15F3N6O/c1-11-7-16(19(20,21)22)27-18(13(11)9-23)26-10-17(29)28(2)12-3-4-14-15(8-12)25-6-5-24-14/h3-8H,10H2,1-2H3,(H,26,27). The second-order valence-corrected chi connectivity index (χ2v) is 6.19. The number of nitriles is 1. The van der Waals surface area contributed by atoms with E-state index in [4.69, 9.17) is 0 Å². The molecule has 0 spiro atoms. The molecule has 1 N–H and O–H groups in total. The molecule has 0 aliphatic heterocycles. The Morgan fingerprint density at radius 2 is 1.90 bits per heavy atom. The predicted molar refractivity (Wildman–Crippen MR) is 100 cm³/mol. The van der Waals surface area contributed by atoms with Crippen molar-refractivity contribution < 1.29 is 18.0 Å². The van der Waals surface area contributed by atoms with E-state index >= 15 is 0 Å². The number of carbonyl (C=O) groups is 1. The molecule has 0 unspecified atom stereocenters. The van der Waals surface area contributed by atoms with Crippen LogP contribution < -0.4 is 10.2 Å². The molecule has 0 saturated carbocycles. The van der Waals surface area contributed by atoms with Gasteiger partial charge in [0.25, 0.3) is 0 Å². The highest BCUT2D eigenvalue weighted by Gasteiger charge is 2.34. The first-order valence-corrected chi connectivity index (χ1v) is 8.41. The van der Waals surface area contributed by atoms with Crippen molar-refractivity contribution in [1.82, 2.24) is 15.0 Å². The summed E-state index contributed by atoms with van der Waals surface area (Å²) in [7, 11) is 1.53. The number of nitrogens with zero attached hydrogens (tertiary/aromatic N) is 5. The van der Waals surface area contributed by atoms with Gasteiger partial charge in [0.05, 0.1) is 23.1 Å². The Hall–Kier alpha value is -3.74. The zero-order chi connectivity index (χ0) is 21.2. The number of likely N-dealkylation sites (N-methyl/N-ethyl adjacent to an activating group) is 1. The molecular weight excluding hydrogens is 385 g/mol. The number of nitrogens with one attached hydrogen (secondary N) is 1. The molecule has 2 aromatic heterocycles. The van der Waals surface area contributed by atoms with E-state index in [0.717, 1.165) is 6.07 Å². The van der Waals surface area contributed by atoms with Crippen molar-refractivity contribution in [1.29, 1.82) is 5.26 Å². The summed E-state index contributed by atoms with van der Waals surface area (Å²) in [6, 6.07) is 7.68. The maximum atomic E-state index is 13.0. The minimum atomic E-state index is -4.66. The number of amides is 1. The smallest absolute Gasteiger partial charge is 0.360 e. The summed E-state index contributed by atoms with van der Waals surface area (Å²) in [5.74, 6) is -0.722. The summed E-state index contributed by atoms with van der Waals surface area (Å²) >= 11 is 0. The van der Waals surface area contributed by atoms with E-state index in [0.29, 0.717) is 16.7 Å². The van der Waals surface area contributed by atoms with Crippen LogP contribution in [-0.4, -0.2) is 34.5 Å². The summed E-state index contributed by atoms with van der Waals surface area (Å²) < 4.78 is 39.0. The van der Waals surface area contributed by atoms with Crippen LogP contribution in [-0.2, 0) is 11.0 Å². The summed E-state index contributed by atoms with van der Waals surface area (Å²) in [6.45, 7) is 1.03. The predicted octanol–water partition coefficient (Wildman–Crippen LogP) is 3.30. The van der Waals surface area contributed by atoms with Crippen LogP contribution in [0.15, 0.2) is 36.7 Å². The number of carbonyl (C=O) groups excluding carboxylic acids is 1. The first kappa shape index (κ1) is 20.0. The van der Waals surface area contributed by atoms with E-state index in [1.54, 1.807) is 24.4 Å². The van der Waals surface area contributed by atoms with Gasteiger partial charge in [-0.25, -0.2) is 4.98 Å². The van der Waals surface area contributed by atoms with Crippen molar-refractivity contribution in [2.24, 2.45) is 0 Å². The fourth-order valence-electron chi connectivity index (χ4n) is 2.67. The van der Waals surface area contributed by atoms with Gasteiger partial charge in [-0.05, 0) is 36.8 Å². The molecule has 0 bridgehead atoms. The van der Waals surface area contributed by atoms with Crippen LogP contribution in [0.1, 0.15) is 16.8 Å². The third-order valence-electron chi connectivity index (χ3n) is 4.24. The number of hydrogen-bond acceptors (Lipinski definition) is 6. The van der Waals surface area contributed by atoms with Gasteiger partial charge in [0, 0.05) is 25.1 Å². The minimum Gasteiger partial charge on any atom is -0.360 e. The third kappa shape index (κ3) is 4.24. The first-order valence-electron chi connectivity index (χ1n) is 8.41. The first-order chi connectivity index (χ1) is 13.7. The molecule has 3 aromatic rings. The molecule has 10 heteroatoms. The van der Waals surface area contributed by atoms with E-state index in [1.807, 2.05) is 6.07 Å². The third-order valence-corrected chi connectivity index (χ3v) is 4.24. The fourth-order valence-corrected chi connectivity index (χ4v) is 2.67. The Morgan fingerprint density at radius 3 is 2.55 bits per heavy atom. The number of halogens is 3. The van der Waals surface area contributed by atoms with E-state index in [9.17, 15) is 23.2 Å². The van der Waals surface area contributed by atoms with Crippen LogP contribution in [0.5, 0.6) is 0 Å². The maximum absolute atomic E-state index is 13.0. The van der Waals surface area contributed by atoms with Crippen molar-refractivity contribution in [2.75, 3.05) is 23.8 Å². The van der Waals surface area contributed by atoms with Crippen LogP contribution in [0.3, 0.4) is 0 Å². The lowest BCUT2D eigenvalue weighted by Crippen LogP contribution is -2.32. The quantitative estimate of drug-likeness (QED) is 0.722. The van der Waals surface area contributed by atoms with Gasteiger partial charge >= 0.3 is 6.18 Å². The lowest BCUT2D eigenvalue weighted by atomic mass is 10.1. The molecule has 148 valence electrons. The topological polar surface area (TPSA) is 94.8 Å². The second-order valence-electron chi connectivity index (χ2n) is 6.19. The molecule has 0 fully saturated rings. The van der Waals surface area contributed by atoms with Crippen LogP contribution in [0, 0.1) is 18.3 Å². The normalized spacial score (nSPS) is 11.2. The molecule has 0 aliphatic rings. The van der Waals surface area contributed by atoms with E-state index < -0.39 is 17.8 Å². The number of pyridine rings is 1. The van der Waals surface area contributed by atoms with Crippen LogP contribution >= 0.6 is 0 Å². The fraction of sp³-hybridized carbons (Fsp3) is 0.211. The molecule has 1 aromatic carbocycles. The zero-order valence-electron chi connectivity index (χ0n) is 15.4. The summed E-state index contributed by atoms with van der Waals surface area (Å²) in [6.07, 6.45) is -1.58. The van der Waals surface area contributed by atoms with Gasteiger partial charge in [0.1, 0.15) is 17.6 Å². The van der Waals surface area contributed by atoms with E-state index in [1.165, 1.54) is 25.1 Å². The van der Waals surface area contributed by atoms with Crippen molar-refractivity contribution >= 4 is 28.4 Å². The summed E-state index contributed by atoms with van der Waals surface area (Å²) in [5, 5.41) is 11.8. The Morgan fingerprint density at radius 1 is 1.21 bits per heavy atom. The monoisotopic (exact) mass is 400 g/mol. The number of fused-ring (bicyclic) bond motifs is 1. The van der Waals surface area contributed by atoms with Gasteiger partial charge in [-0.2, -0.15) is 18.4 Å². The average molecular weight is 400 g/mol. The Bertz CT molecular complexity index is 1120. The molecule has 0 saturated heterocycles. The molecule has 1 amide bonds.